The van der Waals surface area contributed by atoms with Crippen molar-refractivity contribution in [2.75, 3.05) is 26.8 Å². The molecule has 0 aliphatic heterocycles. The van der Waals surface area contributed by atoms with Crippen molar-refractivity contribution in [2.24, 2.45) is 5.92 Å². The minimum atomic E-state index is -1.09. The average Bonchev–Trinajstić information content (AvgIpc) is 2.51. The summed E-state index contributed by atoms with van der Waals surface area (Å²) in [6, 6.07) is -0.734. The molecule has 1 rings (SSSR count). The first-order chi connectivity index (χ1) is 10.9. The van der Waals surface area contributed by atoms with Crippen LogP contribution in [0.15, 0.2) is 0 Å². The van der Waals surface area contributed by atoms with Crippen LogP contribution in [-0.4, -0.2) is 60.6 Å². The number of nitrogens with zero attached hydrogens (tertiary/aromatic N) is 1. The second kappa shape index (κ2) is 10.2. The molecule has 0 bridgehead atoms. The van der Waals surface area contributed by atoms with Gasteiger partial charge in [0.1, 0.15) is 12.6 Å². The molecule has 0 radical (unpaired) electrons. The molecule has 7 heteroatoms. The summed E-state index contributed by atoms with van der Waals surface area (Å²) in [4.78, 5) is 36.4. The number of nitrogens with one attached hydrogen (secondary N) is 1. The van der Waals surface area contributed by atoms with Gasteiger partial charge in [-0.2, -0.15) is 0 Å². The van der Waals surface area contributed by atoms with Gasteiger partial charge in [-0.15, -0.1) is 0 Å². The van der Waals surface area contributed by atoms with Gasteiger partial charge in [0.25, 0.3) is 0 Å². The molecule has 2 N–H and O–H groups in total. The number of carbonyl (C=O) groups is 3. The zero-order chi connectivity index (χ0) is 17.2. The number of carboxylic acids is 1. The maximum atomic E-state index is 12.3. The van der Waals surface area contributed by atoms with E-state index in [1.54, 1.807) is 6.92 Å². The SMILES string of the molecule is COCCN(CC(=O)O)C(=O)C(C)NC(=O)CC1CCCCC1. The molecule has 1 aliphatic carbocycles. The van der Waals surface area contributed by atoms with Crippen molar-refractivity contribution in [1.29, 1.82) is 0 Å². The number of hydrogen-bond acceptors (Lipinski definition) is 4. The lowest BCUT2D eigenvalue weighted by Gasteiger charge is -2.25. The molecule has 0 aromatic heterocycles. The summed E-state index contributed by atoms with van der Waals surface area (Å²) < 4.78 is 4.89. The Morgan fingerprint density at radius 2 is 1.91 bits per heavy atom. The highest BCUT2D eigenvalue weighted by Crippen LogP contribution is 2.26. The summed E-state index contributed by atoms with van der Waals surface area (Å²) in [5, 5.41) is 11.6. The third-order valence-electron chi connectivity index (χ3n) is 4.15. The maximum absolute atomic E-state index is 12.3. The number of amides is 2. The van der Waals surface area contributed by atoms with Gasteiger partial charge in [0.05, 0.1) is 6.61 Å². The molecule has 0 heterocycles. The van der Waals surface area contributed by atoms with Crippen molar-refractivity contribution in [3.8, 4) is 0 Å². The van der Waals surface area contributed by atoms with Crippen molar-refractivity contribution >= 4 is 17.8 Å². The van der Waals surface area contributed by atoms with Crippen molar-refractivity contribution < 1.29 is 24.2 Å². The van der Waals surface area contributed by atoms with Crippen LogP contribution in [0.5, 0.6) is 0 Å². The molecule has 1 fully saturated rings. The van der Waals surface area contributed by atoms with Crippen molar-refractivity contribution in [3.63, 3.8) is 0 Å². The van der Waals surface area contributed by atoms with Crippen LogP contribution in [0.4, 0.5) is 0 Å². The zero-order valence-electron chi connectivity index (χ0n) is 14.0. The summed E-state index contributed by atoms with van der Waals surface area (Å²) >= 11 is 0. The van der Waals surface area contributed by atoms with E-state index in [0.717, 1.165) is 25.7 Å². The summed E-state index contributed by atoms with van der Waals surface area (Å²) in [7, 11) is 1.48. The Morgan fingerprint density at radius 1 is 1.26 bits per heavy atom. The number of carbonyl (C=O) groups excluding carboxylic acids is 2. The Kier molecular flexibility index (Phi) is 8.61. The number of ether oxygens (including phenoxy) is 1. The van der Waals surface area contributed by atoms with Gasteiger partial charge in [0, 0.05) is 20.1 Å². The van der Waals surface area contributed by atoms with Crippen LogP contribution >= 0.6 is 0 Å². The standard InChI is InChI=1S/C16H28N2O5/c1-12(16(22)18(8-9-23-2)11-15(20)21)17-14(19)10-13-6-4-3-5-7-13/h12-13H,3-11H2,1-2H3,(H,17,19)(H,20,21). The largest absolute Gasteiger partial charge is 0.480 e. The van der Waals surface area contributed by atoms with Crippen molar-refractivity contribution in [3.05, 3.63) is 0 Å². The summed E-state index contributed by atoms with van der Waals surface area (Å²) in [5.41, 5.74) is 0. The van der Waals surface area contributed by atoms with E-state index in [-0.39, 0.29) is 19.1 Å². The first-order valence-electron chi connectivity index (χ1n) is 8.23. The molecule has 1 saturated carbocycles. The van der Waals surface area contributed by atoms with E-state index >= 15 is 0 Å². The third kappa shape index (κ3) is 7.45. The Morgan fingerprint density at radius 3 is 2.48 bits per heavy atom. The van der Waals surface area contributed by atoms with Gasteiger partial charge < -0.3 is 20.1 Å². The normalized spacial score (nSPS) is 16.6. The Balaban J connectivity index is 2.47. The van der Waals surface area contributed by atoms with Crippen LogP contribution in [0.3, 0.4) is 0 Å². The van der Waals surface area contributed by atoms with E-state index in [4.69, 9.17) is 9.84 Å². The lowest BCUT2D eigenvalue weighted by molar-refractivity contribution is -0.146. The Labute approximate surface area is 137 Å². The fraction of sp³-hybridized carbons (Fsp3) is 0.812. The zero-order valence-corrected chi connectivity index (χ0v) is 14.0. The molecule has 1 atom stereocenters. The molecule has 2 amide bonds. The van der Waals surface area contributed by atoms with Crippen LogP contribution in [0.1, 0.15) is 45.4 Å². The lowest BCUT2D eigenvalue weighted by Crippen LogP contribution is -2.49. The van der Waals surface area contributed by atoms with Crippen molar-refractivity contribution in [1.82, 2.24) is 10.2 Å². The van der Waals surface area contributed by atoms with Crippen LogP contribution < -0.4 is 5.32 Å². The first-order valence-corrected chi connectivity index (χ1v) is 8.23. The van der Waals surface area contributed by atoms with Gasteiger partial charge in [-0.1, -0.05) is 19.3 Å². The molecule has 0 aromatic rings. The number of methoxy groups -OCH3 is 1. The van der Waals surface area contributed by atoms with Gasteiger partial charge in [-0.3, -0.25) is 14.4 Å². The highest BCUT2D eigenvalue weighted by molar-refractivity contribution is 5.89. The van der Waals surface area contributed by atoms with Crippen LogP contribution in [0.25, 0.3) is 0 Å². The predicted octanol–water partition coefficient (Wildman–Crippen LogP) is 1.02. The van der Waals surface area contributed by atoms with Crippen LogP contribution in [0, 0.1) is 5.92 Å². The molecule has 23 heavy (non-hydrogen) atoms. The van der Waals surface area contributed by atoms with E-state index in [1.165, 1.54) is 18.4 Å². The second-order valence-electron chi connectivity index (χ2n) is 6.14. The number of hydrogen-bond donors (Lipinski definition) is 2. The van der Waals surface area contributed by atoms with Crippen molar-refractivity contribution in [2.45, 2.75) is 51.5 Å². The third-order valence-corrected chi connectivity index (χ3v) is 4.15. The molecule has 1 unspecified atom stereocenters. The fourth-order valence-corrected chi connectivity index (χ4v) is 2.92. The second-order valence-corrected chi connectivity index (χ2v) is 6.14. The van der Waals surface area contributed by atoms with E-state index in [1.807, 2.05) is 0 Å². The molecular weight excluding hydrogens is 300 g/mol. The maximum Gasteiger partial charge on any atom is 0.323 e. The molecule has 1 aliphatic rings. The lowest BCUT2D eigenvalue weighted by atomic mass is 9.87. The van der Waals surface area contributed by atoms with Gasteiger partial charge in [-0.25, -0.2) is 0 Å². The van der Waals surface area contributed by atoms with Gasteiger partial charge >= 0.3 is 5.97 Å². The molecule has 132 valence electrons. The highest BCUT2D eigenvalue weighted by atomic mass is 16.5. The number of rotatable bonds is 9. The predicted molar refractivity (Wildman–Crippen MR) is 84.9 cm³/mol. The molecule has 0 aromatic carbocycles. The molecule has 7 nitrogen and oxygen atoms in total. The summed E-state index contributed by atoms with van der Waals surface area (Å²) in [6.07, 6.45) is 6.13. The van der Waals surface area contributed by atoms with E-state index in [9.17, 15) is 14.4 Å². The average molecular weight is 328 g/mol. The molecule has 0 saturated heterocycles. The van der Waals surface area contributed by atoms with E-state index in [0.29, 0.717) is 12.3 Å². The smallest absolute Gasteiger partial charge is 0.323 e. The first kappa shape index (κ1) is 19.4. The van der Waals surface area contributed by atoms with Crippen LogP contribution in [-0.2, 0) is 19.1 Å². The van der Waals surface area contributed by atoms with Gasteiger partial charge in [0.15, 0.2) is 0 Å². The van der Waals surface area contributed by atoms with Crippen LogP contribution in [0.2, 0.25) is 0 Å². The Bertz CT molecular complexity index is 407. The summed E-state index contributed by atoms with van der Waals surface area (Å²) in [6.45, 7) is 1.63. The molecule has 0 spiro atoms. The number of carboxylic acid groups (broad SMARTS) is 1. The quantitative estimate of drug-likeness (QED) is 0.659. The summed E-state index contributed by atoms with van der Waals surface area (Å²) in [5.74, 6) is -1.23. The van der Waals surface area contributed by atoms with E-state index < -0.39 is 24.5 Å². The monoisotopic (exact) mass is 328 g/mol. The Hall–Kier alpha value is -1.63. The highest BCUT2D eigenvalue weighted by Gasteiger charge is 2.25. The fourth-order valence-electron chi connectivity index (χ4n) is 2.92. The number of aliphatic carboxylic acids is 1. The van der Waals surface area contributed by atoms with E-state index in [2.05, 4.69) is 5.32 Å². The topological polar surface area (TPSA) is 95.9 Å². The van der Waals surface area contributed by atoms with Gasteiger partial charge in [-0.05, 0) is 25.7 Å². The van der Waals surface area contributed by atoms with Gasteiger partial charge in [0.2, 0.25) is 11.8 Å². The molecular formula is C16H28N2O5. The minimum absolute atomic E-state index is 0.139. The minimum Gasteiger partial charge on any atom is -0.480 e.